The van der Waals surface area contributed by atoms with Gasteiger partial charge in [0.2, 0.25) is 6.43 Å². The number of aryl methyl sites for hydroxylation is 1. The second-order valence-electron chi connectivity index (χ2n) is 7.64. The highest BCUT2D eigenvalue weighted by Crippen LogP contribution is 2.28. The van der Waals surface area contributed by atoms with Crippen LogP contribution < -0.4 is 10.6 Å². The lowest BCUT2D eigenvalue weighted by Crippen LogP contribution is -2.15. The van der Waals surface area contributed by atoms with E-state index >= 15 is 0 Å². The van der Waals surface area contributed by atoms with E-state index < -0.39 is 18.3 Å². The van der Waals surface area contributed by atoms with Crippen LogP contribution in [-0.4, -0.2) is 39.3 Å². The molecular weight excluding hydrogens is 426 g/mol. The van der Waals surface area contributed by atoms with Gasteiger partial charge in [0.05, 0.1) is 17.4 Å². The average Bonchev–Trinajstić information content (AvgIpc) is 2.84. The summed E-state index contributed by atoms with van der Waals surface area (Å²) in [5, 5.41) is 6.61. The first kappa shape index (κ1) is 22.2. The molecular formula is C24H22F2N6O. The molecule has 0 unspecified atom stereocenters. The van der Waals surface area contributed by atoms with Crippen LogP contribution in [0.4, 0.5) is 20.3 Å². The Morgan fingerprint density at radius 3 is 2.58 bits per heavy atom. The summed E-state index contributed by atoms with van der Waals surface area (Å²) in [4.78, 5) is 30.0. The number of amides is 1. The number of halogens is 2. The predicted molar refractivity (Wildman–Crippen MR) is 124 cm³/mol. The number of alkyl halides is 2. The first-order valence-corrected chi connectivity index (χ1v) is 10.3. The van der Waals surface area contributed by atoms with Crippen LogP contribution in [0.15, 0.2) is 55.1 Å². The van der Waals surface area contributed by atoms with E-state index in [1.807, 2.05) is 19.1 Å². The monoisotopic (exact) mass is 448 g/mol. The van der Waals surface area contributed by atoms with Crippen LogP contribution in [0.3, 0.4) is 0 Å². The minimum Gasteiger partial charge on any atom is -0.373 e. The molecule has 33 heavy (non-hydrogen) atoms. The molecule has 0 saturated heterocycles. The van der Waals surface area contributed by atoms with E-state index in [1.54, 1.807) is 25.5 Å². The molecule has 7 nitrogen and oxygen atoms in total. The molecule has 4 heterocycles. The van der Waals surface area contributed by atoms with Crippen molar-refractivity contribution in [3.05, 3.63) is 72.1 Å². The van der Waals surface area contributed by atoms with Crippen LogP contribution in [-0.2, 0) is 0 Å². The summed E-state index contributed by atoms with van der Waals surface area (Å²) in [7, 11) is 1.79. The summed E-state index contributed by atoms with van der Waals surface area (Å²) in [5.74, 6) is -0.771. The third kappa shape index (κ3) is 4.77. The predicted octanol–water partition coefficient (Wildman–Crippen LogP) is 5.06. The van der Waals surface area contributed by atoms with Gasteiger partial charge in [0.25, 0.3) is 5.91 Å². The number of anilines is 2. The van der Waals surface area contributed by atoms with E-state index in [0.29, 0.717) is 11.3 Å². The summed E-state index contributed by atoms with van der Waals surface area (Å²) in [6, 6.07) is 8.48. The molecule has 4 aromatic rings. The molecule has 2 N–H and O–H groups in total. The Morgan fingerprint density at radius 2 is 1.82 bits per heavy atom. The van der Waals surface area contributed by atoms with Crippen LogP contribution in [0.2, 0.25) is 0 Å². The third-order valence-corrected chi connectivity index (χ3v) is 5.40. The number of hydrogen-bond donors (Lipinski definition) is 2. The van der Waals surface area contributed by atoms with Crippen molar-refractivity contribution in [1.29, 1.82) is 0 Å². The Bertz CT molecular complexity index is 1330. The van der Waals surface area contributed by atoms with Crippen LogP contribution >= 0.6 is 0 Å². The van der Waals surface area contributed by atoms with E-state index in [9.17, 15) is 13.6 Å². The summed E-state index contributed by atoms with van der Waals surface area (Å²) < 4.78 is 26.1. The molecule has 168 valence electrons. The van der Waals surface area contributed by atoms with Crippen molar-refractivity contribution in [1.82, 2.24) is 19.9 Å². The molecule has 0 aromatic carbocycles. The lowest BCUT2D eigenvalue weighted by atomic mass is 10.0. The van der Waals surface area contributed by atoms with Crippen molar-refractivity contribution in [2.75, 3.05) is 17.7 Å². The molecule has 4 aromatic heterocycles. The van der Waals surface area contributed by atoms with E-state index in [0.717, 1.165) is 33.5 Å². The maximum absolute atomic E-state index is 13.0. The molecule has 0 aliphatic carbocycles. The Hall–Kier alpha value is -4.01. The first-order chi connectivity index (χ1) is 15.9. The van der Waals surface area contributed by atoms with Gasteiger partial charge in [-0.05, 0) is 36.8 Å². The van der Waals surface area contributed by atoms with Crippen molar-refractivity contribution in [2.45, 2.75) is 26.2 Å². The van der Waals surface area contributed by atoms with Gasteiger partial charge in [-0.3, -0.25) is 19.7 Å². The Kier molecular flexibility index (Phi) is 6.21. The van der Waals surface area contributed by atoms with Crippen molar-refractivity contribution in [3.63, 3.8) is 0 Å². The maximum atomic E-state index is 13.0. The number of fused-ring (bicyclic) bond motifs is 1. The second kappa shape index (κ2) is 9.23. The number of carbonyl (C=O) groups excluding carboxylic acids is 1. The lowest BCUT2D eigenvalue weighted by Gasteiger charge is -2.12. The summed E-state index contributed by atoms with van der Waals surface area (Å²) in [6.07, 6.45) is 3.86. The molecule has 0 aliphatic heterocycles. The van der Waals surface area contributed by atoms with Crippen molar-refractivity contribution in [2.24, 2.45) is 0 Å². The van der Waals surface area contributed by atoms with Gasteiger partial charge in [-0.2, -0.15) is 0 Å². The quantitative estimate of drug-likeness (QED) is 0.428. The highest BCUT2D eigenvalue weighted by molar-refractivity contribution is 6.03. The largest absolute Gasteiger partial charge is 0.373 e. The normalized spacial score (nSPS) is 12.1. The molecule has 1 atom stereocenters. The zero-order valence-corrected chi connectivity index (χ0v) is 18.3. The first-order valence-electron chi connectivity index (χ1n) is 10.3. The number of pyridine rings is 4. The average molecular weight is 448 g/mol. The van der Waals surface area contributed by atoms with Crippen LogP contribution in [0, 0.1) is 6.92 Å². The van der Waals surface area contributed by atoms with Gasteiger partial charge in [-0.15, -0.1) is 0 Å². The smallest absolute Gasteiger partial charge is 0.274 e. The standard InChI is InChI=1S/C24H22F2N6O/c1-13(23(25)26)15-4-5-28-21(7-15)24(33)32-18-8-19(14(2)29-12-18)16-6-17-11-31-22(27-3)9-20(17)30-10-16/h4-13,23H,1-3H3,(H,27,31)(H,32,33)/t13-/m1/s1. The van der Waals surface area contributed by atoms with E-state index in [4.69, 9.17) is 0 Å². The lowest BCUT2D eigenvalue weighted by molar-refractivity contribution is 0.102. The Labute approximate surface area is 189 Å². The van der Waals surface area contributed by atoms with Crippen LogP contribution in [0.25, 0.3) is 22.0 Å². The highest BCUT2D eigenvalue weighted by atomic mass is 19.3. The molecule has 0 radical (unpaired) electrons. The van der Waals surface area contributed by atoms with E-state index in [2.05, 4.69) is 30.6 Å². The molecule has 1 amide bonds. The summed E-state index contributed by atoms with van der Waals surface area (Å²) >= 11 is 0. The summed E-state index contributed by atoms with van der Waals surface area (Å²) in [6.45, 7) is 3.27. The zero-order chi connectivity index (χ0) is 23.5. The third-order valence-electron chi connectivity index (χ3n) is 5.40. The SMILES string of the molecule is CNc1cc2ncc(-c3cc(NC(=O)c4cc([C@@H](C)C(F)F)ccn4)cnc3C)cc2cn1. The number of nitrogens with zero attached hydrogens (tertiary/aromatic N) is 4. The number of carbonyl (C=O) groups is 1. The van der Waals surface area contributed by atoms with E-state index in [-0.39, 0.29) is 5.69 Å². The van der Waals surface area contributed by atoms with Crippen molar-refractivity contribution in [3.8, 4) is 11.1 Å². The zero-order valence-electron chi connectivity index (χ0n) is 18.3. The molecule has 0 bridgehead atoms. The van der Waals surface area contributed by atoms with Crippen LogP contribution in [0.5, 0.6) is 0 Å². The number of aromatic nitrogens is 4. The topological polar surface area (TPSA) is 92.7 Å². The van der Waals surface area contributed by atoms with Gasteiger partial charge in [0, 0.05) is 59.8 Å². The van der Waals surface area contributed by atoms with Gasteiger partial charge in [-0.1, -0.05) is 6.92 Å². The molecule has 0 fully saturated rings. The number of nitrogens with one attached hydrogen (secondary N) is 2. The second-order valence-corrected chi connectivity index (χ2v) is 7.64. The fraction of sp³-hybridized carbons (Fsp3) is 0.208. The molecule has 0 aliphatic rings. The molecule has 0 saturated carbocycles. The van der Waals surface area contributed by atoms with Crippen LogP contribution in [0.1, 0.15) is 34.6 Å². The highest BCUT2D eigenvalue weighted by Gasteiger charge is 2.19. The van der Waals surface area contributed by atoms with Gasteiger partial charge < -0.3 is 10.6 Å². The number of rotatable bonds is 6. The summed E-state index contributed by atoms with van der Waals surface area (Å²) in [5.41, 5.74) is 4.06. The Balaban J connectivity index is 1.61. The van der Waals surface area contributed by atoms with Gasteiger partial charge in [0.1, 0.15) is 11.5 Å². The fourth-order valence-corrected chi connectivity index (χ4v) is 3.39. The van der Waals surface area contributed by atoms with Crippen molar-refractivity contribution < 1.29 is 13.6 Å². The van der Waals surface area contributed by atoms with Gasteiger partial charge >= 0.3 is 0 Å². The molecule has 9 heteroatoms. The maximum Gasteiger partial charge on any atom is 0.274 e. The molecule has 4 rings (SSSR count). The number of hydrogen-bond acceptors (Lipinski definition) is 6. The van der Waals surface area contributed by atoms with Crippen molar-refractivity contribution >= 4 is 28.3 Å². The van der Waals surface area contributed by atoms with Gasteiger partial charge in [0.15, 0.2) is 0 Å². The minimum atomic E-state index is -2.53. The van der Waals surface area contributed by atoms with E-state index in [1.165, 1.54) is 31.5 Å². The minimum absolute atomic E-state index is 0.0564. The molecule has 0 spiro atoms. The fourth-order valence-electron chi connectivity index (χ4n) is 3.39. The van der Waals surface area contributed by atoms with Gasteiger partial charge in [-0.25, -0.2) is 13.8 Å². The Morgan fingerprint density at radius 1 is 1.00 bits per heavy atom.